The molecule has 0 aliphatic carbocycles. The lowest BCUT2D eigenvalue weighted by molar-refractivity contribution is 0.326. The Morgan fingerprint density at radius 1 is 1.39 bits per heavy atom. The first-order valence-corrected chi connectivity index (χ1v) is 7.46. The van der Waals surface area contributed by atoms with E-state index in [1.807, 2.05) is 25.3 Å². The number of halogens is 1. The summed E-state index contributed by atoms with van der Waals surface area (Å²) < 4.78 is 6.45. The number of rotatable bonds is 6. The molecule has 0 amide bonds. The third kappa shape index (κ3) is 4.08. The van der Waals surface area contributed by atoms with Crippen molar-refractivity contribution in [3.63, 3.8) is 0 Å². The van der Waals surface area contributed by atoms with Gasteiger partial charge in [0.1, 0.15) is 0 Å². The Kier molecular flexibility index (Phi) is 5.16. The fourth-order valence-corrected chi connectivity index (χ4v) is 2.95. The van der Waals surface area contributed by atoms with Crippen molar-refractivity contribution in [3.05, 3.63) is 44.7 Å². The molecule has 0 atom stereocenters. The summed E-state index contributed by atoms with van der Waals surface area (Å²) in [6.45, 7) is 4.30. The van der Waals surface area contributed by atoms with Crippen LogP contribution in [0.15, 0.2) is 34.2 Å². The summed E-state index contributed by atoms with van der Waals surface area (Å²) in [5, 5.41) is 5.48. The summed E-state index contributed by atoms with van der Waals surface area (Å²) in [5.74, 6) is 0.684. The number of pyridine rings is 1. The molecule has 0 aliphatic heterocycles. The predicted octanol–water partition coefficient (Wildman–Crippen LogP) is 3.59. The summed E-state index contributed by atoms with van der Waals surface area (Å²) in [4.78, 5) is 5.55. The number of hydrogen-bond donors (Lipinski definition) is 1. The van der Waals surface area contributed by atoms with Crippen LogP contribution in [0.2, 0.25) is 0 Å². The van der Waals surface area contributed by atoms with E-state index >= 15 is 0 Å². The standard InChI is InChI=1S/C13H15BrN2OS/c1-2-17-13-4-3-10(7-16-13)6-15-8-12-5-11(14)9-18-12/h3-5,7,9,15H,2,6,8H2,1H3. The van der Waals surface area contributed by atoms with Crippen molar-refractivity contribution in [2.24, 2.45) is 0 Å². The highest BCUT2D eigenvalue weighted by molar-refractivity contribution is 9.10. The van der Waals surface area contributed by atoms with E-state index in [9.17, 15) is 0 Å². The molecule has 18 heavy (non-hydrogen) atoms. The molecule has 0 radical (unpaired) electrons. The third-order valence-corrected chi connectivity index (χ3v) is 4.04. The fourth-order valence-electron chi connectivity index (χ4n) is 1.53. The van der Waals surface area contributed by atoms with Gasteiger partial charge < -0.3 is 10.1 Å². The number of hydrogen-bond acceptors (Lipinski definition) is 4. The summed E-state index contributed by atoms with van der Waals surface area (Å²) in [7, 11) is 0. The zero-order valence-electron chi connectivity index (χ0n) is 10.1. The minimum Gasteiger partial charge on any atom is -0.478 e. The van der Waals surface area contributed by atoms with Crippen LogP contribution in [0.25, 0.3) is 0 Å². The molecule has 0 saturated carbocycles. The minimum absolute atomic E-state index is 0.651. The van der Waals surface area contributed by atoms with Crippen LogP contribution < -0.4 is 10.1 Å². The molecule has 0 spiro atoms. The molecule has 2 aromatic rings. The molecule has 0 aromatic carbocycles. The van der Waals surface area contributed by atoms with Gasteiger partial charge in [-0.3, -0.25) is 0 Å². The Balaban J connectivity index is 1.79. The first-order chi connectivity index (χ1) is 8.78. The monoisotopic (exact) mass is 326 g/mol. The molecule has 0 saturated heterocycles. The zero-order valence-corrected chi connectivity index (χ0v) is 12.6. The van der Waals surface area contributed by atoms with Crippen LogP contribution in [0.3, 0.4) is 0 Å². The van der Waals surface area contributed by atoms with E-state index in [1.165, 1.54) is 4.88 Å². The molecule has 96 valence electrons. The fraction of sp³-hybridized carbons (Fsp3) is 0.308. The molecule has 0 fully saturated rings. The lowest BCUT2D eigenvalue weighted by Gasteiger charge is -2.05. The van der Waals surface area contributed by atoms with Crippen molar-refractivity contribution in [2.75, 3.05) is 6.61 Å². The van der Waals surface area contributed by atoms with Crippen LogP contribution in [-0.2, 0) is 13.1 Å². The second-order valence-electron chi connectivity index (χ2n) is 3.77. The van der Waals surface area contributed by atoms with Gasteiger partial charge in [0.2, 0.25) is 5.88 Å². The van der Waals surface area contributed by atoms with Gasteiger partial charge in [-0.25, -0.2) is 4.98 Å². The van der Waals surface area contributed by atoms with Crippen molar-refractivity contribution in [3.8, 4) is 5.88 Å². The van der Waals surface area contributed by atoms with E-state index in [0.29, 0.717) is 12.5 Å². The lowest BCUT2D eigenvalue weighted by atomic mass is 10.3. The van der Waals surface area contributed by atoms with Crippen molar-refractivity contribution in [1.82, 2.24) is 10.3 Å². The number of aromatic nitrogens is 1. The molecule has 0 bridgehead atoms. The molecule has 2 aromatic heterocycles. The average Bonchev–Trinajstić information content (AvgIpc) is 2.78. The second-order valence-corrected chi connectivity index (χ2v) is 5.68. The first-order valence-electron chi connectivity index (χ1n) is 5.79. The van der Waals surface area contributed by atoms with Gasteiger partial charge in [-0.05, 0) is 34.5 Å². The summed E-state index contributed by atoms with van der Waals surface area (Å²) in [5.41, 5.74) is 1.16. The van der Waals surface area contributed by atoms with Gasteiger partial charge >= 0.3 is 0 Å². The van der Waals surface area contributed by atoms with Gasteiger partial charge in [0.05, 0.1) is 6.61 Å². The quantitative estimate of drug-likeness (QED) is 0.880. The van der Waals surface area contributed by atoms with E-state index < -0.39 is 0 Å². The highest BCUT2D eigenvalue weighted by Gasteiger charge is 1.99. The molecular formula is C13H15BrN2OS. The average molecular weight is 327 g/mol. The maximum atomic E-state index is 5.30. The number of thiophene rings is 1. The Labute approximate surface area is 119 Å². The molecule has 0 unspecified atom stereocenters. The Morgan fingerprint density at radius 3 is 2.89 bits per heavy atom. The van der Waals surface area contributed by atoms with E-state index in [-0.39, 0.29) is 0 Å². The van der Waals surface area contributed by atoms with Crippen LogP contribution in [-0.4, -0.2) is 11.6 Å². The van der Waals surface area contributed by atoms with Crippen molar-refractivity contribution in [2.45, 2.75) is 20.0 Å². The predicted molar refractivity (Wildman–Crippen MR) is 78.0 cm³/mol. The van der Waals surface area contributed by atoms with Gasteiger partial charge in [-0.1, -0.05) is 6.07 Å². The van der Waals surface area contributed by atoms with Crippen LogP contribution in [0.4, 0.5) is 0 Å². The Morgan fingerprint density at radius 2 is 2.28 bits per heavy atom. The first kappa shape index (κ1) is 13.5. The minimum atomic E-state index is 0.651. The molecule has 2 heterocycles. The van der Waals surface area contributed by atoms with Crippen LogP contribution in [0, 0.1) is 0 Å². The van der Waals surface area contributed by atoms with Crippen LogP contribution in [0.5, 0.6) is 5.88 Å². The maximum Gasteiger partial charge on any atom is 0.213 e. The highest BCUT2D eigenvalue weighted by Crippen LogP contribution is 2.19. The van der Waals surface area contributed by atoms with Crippen LogP contribution in [0.1, 0.15) is 17.4 Å². The smallest absolute Gasteiger partial charge is 0.213 e. The van der Waals surface area contributed by atoms with Gasteiger partial charge in [-0.2, -0.15) is 0 Å². The molecule has 2 rings (SSSR count). The van der Waals surface area contributed by atoms with Crippen molar-refractivity contribution in [1.29, 1.82) is 0 Å². The SMILES string of the molecule is CCOc1ccc(CNCc2cc(Br)cs2)cn1. The number of ether oxygens (including phenoxy) is 1. The molecule has 0 aliphatic rings. The van der Waals surface area contributed by atoms with Gasteiger partial charge in [-0.15, -0.1) is 11.3 Å². The number of nitrogens with zero attached hydrogens (tertiary/aromatic N) is 1. The third-order valence-electron chi connectivity index (χ3n) is 2.34. The van der Waals surface area contributed by atoms with Crippen LogP contribution >= 0.6 is 27.3 Å². The van der Waals surface area contributed by atoms with Crippen molar-refractivity contribution >= 4 is 27.3 Å². The Hall–Kier alpha value is -0.910. The molecule has 3 nitrogen and oxygen atoms in total. The lowest BCUT2D eigenvalue weighted by Crippen LogP contribution is -2.11. The number of nitrogens with one attached hydrogen (secondary N) is 1. The maximum absolute atomic E-state index is 5.30. The van der Waals surface area contributed by atoms with E-state index in [2.05, 4.69) is 37.7 Å². The Bertz CT molecular complexity index is 484. The summed E-state index contributed by atoms with van der Waals surface area (Å²) >= 11 is 5.20. The summed E-state index contributed by atoms with van der Waals surface area (Å²) in [6, 6.07) is 6.08. The molecule has 1 N–H and O–H groups in total. The summed E-state index contributed by atoms with van der Waals surface area (Å²) in [6.07, 6.45) is 1.85. The zero-order chi connectivity index (χ0) is 12.8. The topological polar surface area (TPSA) is 34.1 Å². The molecular weight excluding hydrogens is 312 g/mol. The second kappa shape index (κ2) is 6.87. The van der Waals surface area contributed by atoms with E-state index in [4.69, 9.17) is 4.74 Å². The largest absolute Gasteiger partial charge is 0.478 e. The molecule has 5 heteroatoms. The van der Waals surface area contributed by atoms with E-state index in [1.54, 1.807) is 11.3 Å². The van der Waals surface area contributed by atoms with Crippen molar-refractivity contribution < 1.29 is 4.74 Å². The van der Waals surface area contributed by atoms with Gasteiger partial charge in [0.15, 0.2) is 0 Å². The van der Waals surface area contributed by atoms with E-state index in [0.717, 1.165) is 23.1 Å². The van der Waals surface area contributed by atoms with Gasteiger partial charge in [0, 0.05) is 40.1 Å². The van der Waals surface area contributed by atoms with Gasteiger partial charge in [0.25, 0.3) is 0 Å². The normalized spacial score (nSPS) is 10.6. The highest BCUT2D eigenvalue weighted by atomic mass is 79.9.